The Morgan fingerprint density at radius 1 is 1.05 bits per heavy atom. The number of nitrogens with zero attached hydrogens (tertiary/aromatic N) is 2. The van der Waals surface area contributed by atoms with E-state index in [1.807, 2.05) is 0 Å². The topological polar surface area (TPSA) is 37.8 Å². The molecule has 0 unspecified atom stereocenters. The quantitative estimate of drug-likeness (QED) is 0.871. The molecule has 0 atom stereocenters. The molecular formula is C12H9F4N3. The van der Waals surface area contributed by atoms with Gasteiger partial charge in [-0.15, -0.1) is 0 Å². The van der Waals surface area contributed by atoms with Gasteiger partial charge in [-0.05, 0) is 23.8 Å². The molecule has 0 amide bonds. The van der Waals surface area contributed by atoms with E-state index in [9.17, 15) is 17.6 Å². The number of hydrogen-bond donors (Lipinski definition) is 1. The number of halogens is 4. The number of rotatable bonds is 3. The molecule has 0 aliphatic heterocycles. The highest BCUT2D eigenvalue weighted by atomic mass is 19.4. The summed E-state index contributed by atoms with van der Waals surface area (Å²) < 4.78 is 49.9. The minimum absolute atomic E-state index is 0.126. The third kappa shape index (κ3) is 3.64. The number of hydrogen-bond acceptors (Lipinski definition) is 3. The lowest BCUT2D eigenvalue weighted by Crippen LogP contribution is -2.11. The number of alkyl halides is 3. The Bertz CT molecular complexity index is 552. The van der Waals surface area contributed by atoms with E-state index in [-0.39, 0.29) is 18.3 Å². The molecule has 0 saturated carbocycles. The SMILES string of the molecule is Fc1ccc(CNc2nccc(C(F)(F)F)n2)cc1. The van der Waals surface area contributed by atoms with Gasteiger partial charge in [-0.2, -0.15) is 13.2 Å². The average Bonchev–Trinajstić information content (AvgIpc) is 2.37. The third-order valence-electron chi connectivity index (χ3n) is 2.31. The van der Waals surface area contributed by atoms with Crippen LogP contribution in [0.2, 0.25) is 0 Å². The number of benzene rings is 1. The van der Waals surface area contributed by atoms with Gasteiger partial charge in [-0.3, -0.25) is 0 Å². The highest BCUT2D eigenvalue weighted by Gasteiger charge is 2.32. The summed E-state index contributed by atoms with van der Waals surface area (Å²) in [7, 11) is 0. The monoisotopic (exact) mass is 271 g/mol. The van der Waals surface area contributed by atoms with E-state index in [1.54, 1.807) is 0 Å². The maximum absolute atomic E-state index is 12.7. The molecule has 0 bridgehead atoms. The molecule has 0 aliphatic carbocycles. The molecule has 100 valence electrons. The van der Waals surface area contributed by atoms with E-state index < -0.39 is 11.9 Å². The zero-order valence-corrected chi connectivity index (χ0v) is 9.58. The van der Waals surface area contributed by atoms with Crippen LogP contribution in [0, 0.1) is 5.82 Å². The molecule has 1 aromatic carbocycles. The van der Waals surface area contributed by atoms with Crippen LogP contribution in [0.1, 0.15) is 11.3 Å². The van der Waals surface area contributed by atoms with Gasteiger partial charge in [-0.25, -0.2) is 14.4 Å². The highest BCUT2D eigenvalue weighted by Crippen LogP contribution is 2.27. The predicted molar refractivity (Wildman–Crippen MR) is 60.8 cm³/mol. The van der Waals surface area contributed by atoms with Gasteiger partial charge in [0, 0.05) is 12.7 Å². The molecule has 19 heavy (non-hydrogen) atoms. The Labute approximate surface area is 106 Å². The molecule has 0 saturated heterocycles. The van der Waals surface area contributed by atoms with E-state index >= 15 is 0 Å². The molecule has 1 aromatic heterocycles. The summed E-state index contributed by atoms with van der Waals surface area (Å²) >= 11 is 0. The Morgan fingerprint density at radius 2 is 1.74 bits per heavy atom. The lowest BCUT2D eigenvalue weighted by Gasteiger charge is -2.08. The van der Waals surface area contributed by atoms with E-state index in [4.69, 9.17) is 0 Å². The second-order valence-electron chi connectivity index (χ2n) is 3.74. The summed E-state index contributed by atoms with van der Waals surface area (Å²) in [5.74, 6) is -0.502. The maximum atomic E-state index is 12.7. The predicted octanol–water partition coefficient (Wildman–Crippen LogP) is 3.25. The molecule has 3 nitrogen and oxygen atoms in total. The summed E-state index contributed by atoms with van der Waals surface area (Å²) in [6, 6.07) is 6.38. The Kier molecular flexibility index (Phi) is 3.64. The van der Waals surface area contributed by atoms with Gasteiger partial charge in [0.2, 0.25) is 5.95 Å². The fraction of sp³-hybridized carbons (Fsp3) is 0.167. The molecule has 1 heterocycles. The first-order valence-electron chi connectivity index (χ1n) is 5.34. The summed E-state index contributed by atoms with van der Waals surface area (Å²) in [5.41, 5.74) is -0.300. The summed E-state index contributed by atoms with van der Waals surface area (Å²) in [5, 5.41) is 2.65. The van der Waals surface area contributed by atoms with Gasteiger partial charge in [-0.1, -0.05) is 12.1 Å². The molecule has 0 radical (unpaired) electrons. The molecular weight excluding hydrogens is 262 g/mol. The molecule has 0 spiro atoms. The van der Waals surface area contributed by atoms with Crippen molar-refractivity contribution in [1.29, 1.82) is 0 Å². The van der Waals surface area contributed by atoms with Crippen LogP contribution in [0.5, 0.6) is 0 Å². The van der Waals surface area contributed by atoms with E-state index in [0.717, 1.165) is 12.3 Å². The normalized spacial score (nSPS) is 11.4. The molecule has 2 aromatic rings. The largest absolute Gasteiger partial charge is 0.433 e. The van der Waals surface area contributed by atoms with Crippen LogP contribution in [0.15, 0.2) is 36.5 Å². The van der Waals surface area contributed by atoms with Gasteiger partial charge >= 0.3 is 6.18 Å². The first-order chi connectivity index (χ1) is 8.95. The summed E-state index contributed by atoms with van der Waals surface area (Å²) in [4.78, 5) is 7.04. The van der Waals surface area contributed by atoms with Crippen molar-refractivity contribution in [3.8, 4) is 0 Å². The number of nitrogens with one attached hydrogen (secondary N) is 1. The van der Waals surface area contributed by atoms with Crippen molar-refractivity contribution in [3.05, 3.63) is 53.6 Å². The van der Waals surface area contributed by atoms with Gasteiger partial charge in [0.25, 0.3) is 0 Å². The summed E-state index contributed by atoms with van der Waals surface area (Å²) in [6.45, 7) is 0.210. The Hall–Kier alpha value is -2.18. The maximum Gasteiger partial charge on any atom is 0.433 e. The van der Waals surface area contributed by atoms with Crippen molar-refractivity contribution in [2.24, 2.45) is 0 Å². The summed E-state index contributed by atoms with van der Waals surface area (Å²) in [6.07, 6.45) is -3.47. The third-order valence-corrected chi connectivity index (χ3v) is 2.31. The van der Waals surface area contributed by atoms with Crippen molar-refractivity contribution < 1.29 is 17.6 Å². The first-order valence-corrected chi connectivity index (χ1v) is 5.34. The zero-order chi connectivity index (χ0) is 13.9. The Morgan fingerprint density at radius 3 is 2.37 bits per heavy atom. The van der Waals surface area contributed by atoms with Crippen molar-refractivity contribution in [2.45, 2.75) is 12.7 Å². The molecule has 2 rings (SSSR count). The molecule has 7 heteroatoms. The second kappa shape index (κ2) is 5.21. The van der Waals surface area contributed by atoms with Crippen LogP contribution in [0.3, 0.4) is 0 Å². The minimum Gasteiger partial charge on any atom is -0.350 e. The minimum atomic E-state index is -4.50. The standard InChI is InChI=1S/C12H9F4N3/c13-9-3-1-8(2-4-9)7-18-11-17-6-5-10(19-11)12(14,15)16/h1-6H,7H2,(H,17,18,19). The Balaban J connectivity index is 2.05. The van der Waals surface area contributed by atoms with Crippen LogP contribution in [0.4, 0.5) is 23.5 Å². The lowest BCUT2D eigenvalue weighted by atomic mass is 10.2. The van der Waals surface area contributed by atoms with Crippen LogP contribution >= 0.6 is 0 Å². The first kappa shape index (κ1) is 13.3. The highest BCUT2D eigenvalue weighted by molar-refractivity contribution is 5.29. The smallest absolute Gasteiger partial charge is 0.350 e. The number of anilines is 1. The van der Waals surface area contributed by atoms with Crippen molar-refractivity contribution >= 4 is 5.95 Å². The van der Waals surface area contributed by atoms with E-state index in [1.165, 1.54) is 24.3 Å². The molecule has 1 N–H and O–H groups in total. The van der Waals surface area contributed by atoms with Crippen LogP contribution in [0.25, 0.3) is 0 Å². The van der Waals surface area contributed by atoms with Crippen LogP contribution in [-0.2, 0) is 12.7 Å². The molecule has 0 aliphatic rings. The van der Waals surface area contributed by atoms with Gasteiger partial charge in [0.05, 0.1) is 0 Å². The van der Waals surface area contributed by atoms with Crippen molar-refractivity contribution in [2.75, 3.05) is 5.32 Å². The fourth-order valence-corrected chi connectivity index (χ4v) is 1.39. The van der Waals surface area contributed by atoms with Crippen molar-refractivity contribution in [1.82, 2.24) is 9.97 Å². The average molecular weight is 271 g/mol. The van der Waals surface area contributed by atoms with Gasteiger partial charge < -0.3 is 5.32 Å². The fourth-order valence-electron chi connectivity index (χ4n) is 1.39. The zero-order valence-electron chi connectivity index (χ0n) is 9.58. The van der Waals surface area contributed by atoms with E-state index in [0.29, 0.717) is 5.56 Å². The molecule has 0 fully saturated rings. The van der Waals surface area contributed by atoms with Crippen LogP contribution in [-0.4, -0.2) is 9.97 Å². The second-order valence-corrected chi connectivity index (χ2v) is 3.74. The lowest BCUT2D eigenvalue weighted by molar-refractivity contribution is -0.141. The van der Waals surface area contributed by atoms with Gasteiger partial charge in [0.15, 0.2) is 0 Å². The van der Waals surface area contributed by atoms with Gasteiger partial charge in [0.1, 0.15) is 11.5 Å². The van der Waals surface area contributed by atoms with Crippen molar-refractivity contribution in [3.63, 3.8) is 0 Å². The van der Waals surface area contributed by atoms with E-state index in [2.05, 4.69) is 15.3 Å². The number of aromatic nitrogens is 2. The van der Waals surface area contributed by atoms with Crippen LogP contribution < -0.4 is 5.32 Å².